The Morgan fingerprint density at radius 1 is 1.53 bits per heavy atom. The number of carbonyl (C=O) groups excluding carboxylic acids is 1. The molecule has 0 saturated carbocycles. The number of anilines is 1. The van der Waals surface area contributed by atoms with E-state index in [-0.39, 0.29) is 12.5 Å². The van der Waals surface area contributed by atoms with E-state index in [1.807, 2.05) is 13.8 Å². The summed E-state index contributed by atoms with van der Waals surface area (Å²) in [7, 11) is 0. The second-order valence-corrected chi connectivity index (χ2v) is 5.09. The van der Waals surface area contributed by atoms with Gasteiger partial charge in [-0.05, 0) is 27.2 Å². The molecule has 0 aliphatic rings. The molecule has 1 aromatic rings. The van der Waals surface area contributed by atoms with Crippen LogP contribution < -0.4 is 11.1 Å². The van der Waals surface area contributed by atoms with Crippen molar-refractivity contribution < 1.29 is 9.90 Å². The molecule has 1 heterocycles. The number of rotatable bonds is 6. The molecule has 1 rings (SSSR count). The van der Waals surface area contributed by atoms with Crippen LogP contribution in [0.1, 0.15) is 49.8 Å². The number of nitrogen functional groups attached to an aromatic ring is 1. The summed E-state index contributed by atoms with van der Waals surface area (Å²) in [5, 5.41) is 17.0. The van der Waals surface area contributed by atoms with Crippen LogP contribution in [0.5, 0.6) is 0 Å². The second-order valence-electron chi connectivity index (χ2n) is 5.09. The summed E-state index contributed by atoms with van der Waals surface area (Å²) >= 11 is 0. The van der Waals surface area contributed by atoms with E-state index in [1.165, 1.54) is 0 Å². The van der Waals surface area contributed by atoms with Gasteiger partial charge in [0.25, 0.3) is 5.91 Å². The number of aromatic nitrogens is 2. The first-order valence-electron chi connectivity index (χ1n) is 6.65. The third-order valence-electron chi connectivity index (χ3n) is 3.11. The normalized spacial score (nSPS) is 14.2. The molecule has 1 amide bonds. The predicted molar refractivity (Wildman–Crippen MR) is 74.9 cm³/mol. The highest BCUT2D eigenvalue weighted by molar-refractivity contribution is 5.98. The average Bonchev–Trinajstić information content (AvgIpc) is 2.62. The van der Waals surface area contributed by atoms with Crippen molar-refractivity contribution in [2.75, 3.05) is 12.3 Å². The largest absolute Gasteiger partial charge is 0.395 e. The van der Waals surface area contributed by atoms with E-state index in [0.29, 0.717) is 30.0 Å². The molecular weight excluding hydrogens is 244 g/mol. The first-order valence-corrected chi connectivity index (χ1v) is 6.65. The summed E-state index contributed by atoms with van der Waals surface area (Å²) in [6.45, 7) is 8.15. The van der Waals surface area contributed by atoms with Crippen LogP contribution in [-0.4, -0.2) is 32.9 Å². The molecule has 0 saturated heterocycles. The Hall–Kier alpha value is -1.56. The van der Waals surface area contributed by atoms with Gasteiger partial charge in [0, 0.05) is 13.1 Å². The molecule has 0 aliphatic carbocycles. The number of nitrogens with zero attached hydrogens (tertiary/aromatic N) is 2. The molecule has 0 fully saturated rings. The van der Waals surface area contributed by atoms with Crippen molar-refractivity contribution in [3.05, 3.63) is 11.4 Å². The zero-order valence-electron chi connectivity index (χ0n) is 12.2. The van der Waals surface area contributed by atoms with Gasteiger partial charge in [0.15, 0.2) is 0 Å². The minimum atomic E-state index is -0.898. The molecule has 1 atom stereocenters. The van der Waals surface area contributed by atoms with E-state index in [9.17, 15) is 9.90 Å². The van der Waals surface area contributed by atoms with Crippen molar-refractivity contribution in [2.45, 2.75) is 52.7 Å². The molecule has 19 heavy (non-hydrogen) atoms. The maximum absolute atomic E-state index is 12.1. The van der Waals surface area contributed by atoms with Crippen LogP contribution in [0.25, 0.3) is 0 Å². The SMILES string of the molecule is CCCC(C)(O)CNC(=O)c1c(N)c(C)nn1CC. The predicted octanol–water partition coefficient (Wildman–Crippen LogP) is 1.07. The highest BCUT2D eigenvalue weighted by Crippen LogP contribution is 2.17. The van der Waals surface area contributed by atoms with E-state index in [2.05, 4.69) is 10.4 Å². The van der Waals surface area contributed by atoms with Crippen molar-refractivity contribution in [2.24, 2.45) is 0 Å². The lowest BCUT2D eigenvalue weighted by atomic mass is 10.0. The van der Waals surface area contributed by atoms with Crippen molar-refractivity contribution in [1.82, 2.24) is 15.1 Å². The summed E-state index contributed by atoms with van der Waals surface area (Å²) in [4.78, 5) is 12.1. The molecule has 108 valence electrons. The molecule has 0 aliphatic heterocycles. The van der Waals surface area contributed by atoms with Gasteiger partial charge in [0.05, 0.1) is 17.0 Å². The van der Waals surface area contributed by atoms with Crippen LogP contribution in [0.15, 0.2) is 0 Å². The third-order valence-corrected chi connectivity index (χ3v) is 3.11. The van der Waals surface area contributed by atoms with Gasteiger partial charge in [0.2, 0.25) is 0 Å². The van der Waals surface area contributed by atoms with Crippen molar-refractivity contribution >= 4 is 11.6 Å². The van der Waals surface area contributed by atoms with E-state index < -0.39 is 5.60 Å². The van der Waals surface area contributed by atoms with Crippen LogP contribution in [0.2, 0.25) is 0 Å². The Balaban J connectivity index is 2.79. The van der Waals surface area contributed by atoms with Gasteiger partial charge in [0.1, 0.15) is 5.69 Å². The van der Waals surface area contributed by atoms with Gasteiger partial charge < -0.3 is 16.2 Å². The van der Waals surface area contributed by atoms with Gasteiger partial charge in [-0.15, -0.1) is 0 Å². The number of aryl methyl sites for hydroxylation is 2. The summed E-state index contributed by atoms with van der Waals surface area (Å²) < 4.78 is 1.58. The van der Waals surface area contributed by atoms with Crippen molar-refractivity contribution in [1.29, 1.82) is 0 Å². The molecule has 1 unspecified atom stereocenters. The number of nitrogens with one attached hydrogen (secondary N) is 1. The lowest BCUT2D eigenvalue weighted by Crippen LogP contribution is -2.41. The van der Waals surface area contributed by atoms with E-state index in [1.54, 1.807) is 18.5 Å². The molecule has 4 N–H and O–H groups in total. The lowest BCUT2D eigenvalue weighted by Gasteiger charge is -2.23. The number of amides is 1. The van der Waals surface area contributed by atoms with E-state index in [4.69, 9.17) is 5.73 Å². The quantitative estimate of drug-likeness (QED) is 0.719. The number of nitrogens with two attached hydrogens (primary N) is 1. The summed E-state index contributed by atoms with van der Waals surface area (Å²) in [6, 6.07) is 0. The van der Waals surface area contributed by atoms with Gasteiger partial charge in [-0.2, -0.15) is 5.10 Å². The van der Waals surface area contributed by atoms with Gasteiger partial charge in [-0.25, -0.2) is 0 Å². The maximum Gasteiger partial charge on any atom is 0.271 e. The fraction of sp³-hybridized carbons (Fsp3) is 0.692. The molecule has 0 aromatic carbocycles. The topological polar surface area (TPSA) is 93.2 Å². The molecule has 6 nitrogen and oxygen atoms in total. The molecule has 6 heteroatoms. The second kappa shape index (κ2) is 6.06. The van der Waals surface area contributed by atoms with Crippen LogP contribution >= 0.6 is 0 Å². The third kappa shape index (κ3) is 3.70. The molecule has 0 radical (unpaired) electrons. The molecule has 0 bridgehead atoms. The maximum atomic E-state index is 12.1. The van der Waals surface area contributed by atoms with E-state index >= 15 is 0 Å². The summed E-state index contributed by atoms with van der Waals surface area (Å²) in [6.07, 6.45) is 1.49. The Morgan fingerprint density at radius 3 is 2.68 bits per heavy atom. The summed E-state index contributed by atoms with van der Waals surface area (Å²) in [5.74, 6) is -0.295. The average molecular weight is 268 g/mol. The summed E-state index contributed by atoms with van der Waals surface area (Å²) in [5.41, 5.74) is 6.38. The fourth-order valence-corrected chi connectivity index (χ4v) is 2.05. The molecule has 1 aromatic heterocycles. The highest BCUT2D eigenvalue weighted by atomic mass is 16.3. The zero-order valence-corrected chi connectivity index (χ0v) is 12.2. The lowest BCUT2D eigenvalue weighted by molar-refractivity contribution is 0.0467. The van der Waals surface area contributed by atoms with Crippen molar-refractivity contribution in [3.63, 3.8) is 0 Å². The first-order chi connectivity index (χ1) is 8.82. The number of hydrogen-bond acceptors (Lipinski definition) is 4. The minimum Gasteiger partial charge on any atom is -0.395 e. The van der Waals surface area contributed by atoms with Crippen molar-refractivity contribution in [3.8, 4) is 0 Å². The zero-order chi connectivity index (χ0) is 14.6. The van der Waals surface area contributed by atoms with Gasteiger partial charge in [-0.3, -0.25) is 9.48 Å². The fourth-order valence-electron chi connectivity index (χ4n) is 2.05. The smallest absolute Gasteiger partial charge is 0.271 e. The highest BCUT2D eigenvalue weighted by Gasteiger charge is 2.23. The Labute approximate surface area is 114 Å². The van der Waals surface area contributed by atoms with Gasteiger partial charge >= 0.3 is 0 Å². The van der Waals surface area contributed by atoms with Crippen LogP contribution in [-0.2, 0) is 6.54 Å². The van der Waals surface area contributed by atoms with Crippen LogP contribution in [0.3, 0.4) is 0 Å². The molecule has 0 spiro atoms. The van der Waals surface area contributed by atoms with E-state index in [0.717, 1.165) is 6.42 Å². The Bertz CT molecular complexity index is 452. The standard InChI is InChI=1S/C13H24N4O2/c1-5-7-13(4,19)8-15-12(18)11-10(14)9(3)16-17(11)6-2/h19H,5-8,14H2,1-4H3,(H,15,18). The number of aliphatic hydroxyl groups is 1. The van der Waals surface area contributed by atoms with Gasteiger partial charge in [-0.1, -0.05) is 13.3 Å². The molecular formula is C13H24N4O2. The minimum absolute atomic E-state index is 0.201. The number of hydrogen-bond donors (Lipinski definition) is 3. The van der Waals surface area contributed by atoms with Crippen LogP contribution in [0.4, 0.5) is 5.69 Å². The monoisotopic (exact) mass is 268 g/mol. The van der Waals surface area contributed by atoms with Crippen LogP contribution in [0, 0.1) is 6.92 Å². The Morgan fingerprint density at radius 2 is 2.16 bits per heavy atom. The number of carbonyl (C=O) groups is 1. The first kappa shape index (κ1) is 15.5. The Kier molecular flexibility index (Phi) is 4.94.